The van der Waals surface area contributed by atoms with Gasteiger partial charge in [-0.2, -0.15) is 0 Å². The second kappa shape index (κ2) is 8.24. The summed E-state index contributed by atoms with van der Waals surface area (Å²) in [6.07, 6.45) is 8.64. The Hall–Kier alpha value is 0.140. The standard InChI is InChI=1S/C9H15IO/c1-2-3-4-5-6-9(10)7-8-11/h6,8H,2-5,7H2,1H3/b9-6-. The van der Waals surface area contributed by atoms with Crippen molar-refractivity contribution in [2.45, 2.75) is 39.0 Å². The van der Waals surface area contributed by atoms with Crippen LogP contribution in [0.15, 0.2) is 9.66 Å². The highest BCUT2D eigenvalue weighted by atomic mass is 127. The summed E-state index contributed by atoms with van der Waals surface area (Å²) in [5.74, 6) is 0. The first kappa shape index (κ1) is 11.1. The van der Waals surface area contributed by atoms with Gasteiger partial charge in [0.05, 0.1) is 0 Å². The zero-order valence-corrected chi connectivity index (χ0v) is 9.13. The molecule has 0 saturated carbocycles. The summed E-state index contributed by atoms with van der Waals surface area (Å²) in [6.45, 7) is 2.19. The minimum atomic E-state index is 0.590. The van der Waals surface area contributed by atoms with Gasteiger partial charge >= 0.3 is 0 Å². The second-order valence-corrected chi connectivity index (χ2v) is 3.90. The Bertz CT molecular complexity index is 130. The Kier molecular flexibility index (Phi) is 8.34. The lowest BCUT2D eigenvalue weighted by atomic mass is 10.2. The molecule has 0 aromatic rings. The van der Waals surface area contributed by atoms with Gasteiger partial charge in [-0.25, -0.2) is 0 Å². The fraction of sp³-hybridized carbons (Fsp3) is 0.667. The predicted molar refractivity (Wildman–Crippen MR) is 56.9 cm³/mol. The fourth-order valence-corrected chi connectivity index (χ4v) is 1.31. The first-order valence-corrected chi connectivity index (χ1v) is 5.17. The SMILES string of the molecule is CCCCC/C=C(\I)CC=O. The van der Waals surface area contributed by atoms with E-state index >= 15 is 0 Å². The van der Waals surface area contributed by atoms with Crippen LogP contribution in [0.3, 0.4) is 0 Å². The highest BCUT2D eigenvalue weighted by Crippen LogP contribution is 2.11. The summed E-state index contributed by atoms with van der Waals surface area (Å²) in [5, 5.41) is 0. The molecule has 0 fully saturated rings. The zero-order valence-electron chi connectivity index (χ0n) is 6.98. The summed E-state index contributed by atoms with van der Waals surface area (Å²) in [6, 6.07) is 0. The maximum atomic E-state index is 10.1. The average Bonchev–Trinajstić information content (AvgIpc) is 1.99. The molecular weight excluding hydrogens is 251 g/mol. The van der Waals surface area contributed by atoms with Crippen LogP contribution in [0.1, 0.15) is 39.0 Å². The molecule has 0 atom stereocenters. The first-order chi connectivity index (χ1) is 5.31. The Morgan fingerprint density at radius 3 is 2.73 bits per heavy atom. The van der Waals surface area contributed by atoms with Gasteiger partial charge in [0, 0.05) is 6.42 Å². The molecule has 0 rings (SSSR count). The highest BCUT2D eigenvalue weighted by molar-refractivity contribution is 14.1. The summed E-state index contributed by atoms with van der Waals surface area (Å²) in [4.78, 5) is 10.1. The molecular formula is C9H15IO. The number of halogens is 1. The summed E-state index contributed by atoms with van der Waals surface area (Å²) in [7, 11) is 0. The minimum Gasteiger partial charge on any atom is -0.303 e. The normalized spacial score (nSPS) is 11.6. The van der Waals surface area contributed by atoms with Crippen molar-refractivity contribution >= 4 is 28.9 Å². The summed E-state index contributed by atoms with van der Waals surface area (Å²) < 4.78 is 1.17. The van der Waals surface area contributed by atoms with Gasteiger partial charge in [-0.1, -0.05) is 25.8 Å². The Labute approximate surface area is 82.4 Å². The Morgan fingerprint density at radius 2 is 2.18 bits per heavy atom. The molecule has 11 heavy (non-hydrogen) atoms. The van der Waals surface area contributed by atoms with E-state index in [9.17, 15) is 4.79 Å². The average molecular weight is 266 g/mol. The Morgan fingerprint density at radius 1 is 1.45 bits per heavy atom. The van der Waals surface area contributed by atoms with Gasteiger partial charge in [0.15, 0.2) is 0 Å². The van der Waals surface area contributed by atoms with E-state index in [0.29, 0.717) is 6.42 Å². The van der Waals surface area contributed by atoms with Crippen LogP contribution in [0.4, 0.5) is 0 Å². The maximum Gasteiger partial charge on any atom is 0.124 e. The topological polar surface area (TPSA) is 17.1 Å². The van der Waals surface area contributed by atoms with E-state index in [2.05, 4.69) is 35.6 Å². The second-order valence-electron chi connectivity index (χ2n) is 2.52. The van der Waals surface area contributed by atoms with Gasteiger partial charge in [0.1, 0.15) is 6.29 Å². The lowest BCUT2D eigenvalue weighted by Gasteiger charge is -1.93. The number of hydrogen-bond acceptors (Lipinski definition) is 1. The number of hydrogen-bond donors (Lipinski definition) is 0. The van der Waals surface area contributed by atoms with Crippen LogP contribution < -0.4 is 0 Å². The number of unbranched alkanes of at least 4 members (excludes halogenated alkanes) is 3. The van der Waals surface area contributed by atoms with E-state index in [1.54, 1.807) is 0 Å². The van der Waals surface area contributed by atoms with Crippen molar-refractivity contribution in [1.29, 1.82) is 0 Å². The molecule has 0 aliphatic rings. The number of carbonyl (C=O) groups is 1. The van der Waals surface area contributed by atoms with Crippen molar-refractivity contribution in [2.24, 2.45) is 0 Å². The lowest BCUT2D eigenvalue weighted by molar-refractivity contribution is -0.107. The van der Waals surface area contributed by atoms with Crippen molar-refractivity contribution < 1.29 is 4.79 Å². The summed E-state index contributed by atoms with van der Waals surface area (Å²) in [5.41, 5.74) is 0. The van der Waals surface area contributed by atoms with Gasteiger partial charge < -0.3 is 4.79 Å². The quantitative estimate of drug-likeness (QED) is 0.408. The summed E-state index contributed by atoms with van der Waals surface area (Å²) >= 11 is 2.22. The number of rotatable bonds is 6. The first-order valence-electron chi connectivity index (χ1n) is 4.09. The van der Waals surface area contributed by atoms with E-state index < -0.39 is 0 Å². The molecule has 0 bridgehead atoms. The third-order valence-electron chi connectivity index (χ3n) is 1.45. The largest absolute Gasteiger partial charge is 0.303 e. The molecule has 0 N–H and O–H groups in total. The molecule has 2 heteroatoms. The monoisotopic (exact) mass is 266 g/mol. The van der Waals surface area contributed by atoms with Crippen LogP contribution in [0.25, 0.3) is 0 Å². The van der Waals surface area contributed by atoms with E-state index in [-0.39, 0.29) is 0 Å². The van der Waals surface area contributed by atoms with E-state index in [1.807, 2.05) is 0 Å². The van der Waals surface area contributed by atoms with Gasteiger partial charge in [-0.15, -0.1) is 0 Å². The Balaban J connectivity index is 3.31. The van der Waals surface area contributed by atoms with Crippen molar-refractivity contribution in [3.63, 3.8) is 0 Å². The van der Waals surface area contributed by atoms with Gasteiger partial charge in [0.2, 0.25) is 0 Å². The van der Waals surface area contributed by atoms with E-state index in [1.165, 1.54) is 22.8 Å². The van der Waals surface area contributed by atoms with Gasteiger partial charge in [-0.05, 0) is 39.0 Å². The van der Waals surface area contributed by atoms with Crippen molar-refractivity contribution in [3.05, 3.63) is 9.66 Å². The molecule has 0 aromatic heterocycles. The lowest BCUT2D eigenvalue weighted by Crippen LogP contribution is -1.76. The molecule has 0 saturated heterocycles. The molecule has 0 aliphatic carbocycles. The predicted octanol–water partition coefficient (Wildman–Crippen LogP) is 3.47. The minimum absolute atomic E-state index is 0.590. The molecule has 0 radical (unpaired) electrons. The number of aldehydes is 1. The zero-order chi connectivity index (χ0) is 8.53. The van der Waals surface area contributed by atoms with Crippen LogP contribution in [-0.2, 0) is 4.79 Å². The number of carbonyl (C=O) groups excluding carboxylic acids is 1. The molecule has 0 spiro atoms. The molecule has 0 aliphatic heterocycles. The molecule has 0 amide bonds. The number of allylic oxidation sites excluding steroid dienone is 2. The van der Waals surface area contributed by atoms with Crippen LogP contribution in [0, 0.1) is 0 Å². The van der Waals surface area contributed by atoms with Crippen LogP contribution in [0.5, 0.6) is 0 Å². The molecule has 64 valence electrons. The third kappa shape index (κ3) is 8.04. The smallest absolute Gasteiger partial charge is 0.124 e. The molecule has 0 unspecified atom stereocenters. The molecule has 0 aromatic carbocycles. The van der Waals surface area contributed by atoms with Crippen LogP contribution >= 0.6 is 22.6 Å². The highest BCUT2D eigenvalue weighted by Gasteiger charge is 1.88. The van der Waals surface area contributed by atoms with Crippen LogP contribution in [0.2, 0.25) is 0 Å². The van der Waals surface area contributed by atoms with Crippen molar-refractivity contribution in [2.75, 3.05) is 0 Å². The van der Waals surface area contributed by atoms with E-state index in [4.69, 9.17) is 0 Å². The molecule has 0 heterocycles. The van der Waals surface area contributed by atoms with Gasteiger partial charge in [0.25, 0.3) is 0 Å². The van der Waals surface area contributed by atoms with Crippen molar-refractivity contribution in [3.8, 4) is 0 Å². The third-order valence-corrected chi connectivity index (χ3v) is 2.33. The van der Waals surface area contributed by atoms with Gasteiger partial charge in [-0.3, -0.25) is 0 Å². The maximum absolute atomic E-state index is 10.1. The van der Waals surface area contributed by atoms with E-state index in [0.717, 1.165) is 12.7 Å². The van der Waals surface area contributed by atoms with Crippen LogP contribution in [-0.4, -0.2) is 6.29 Å². The molecule has 1 nitrogen and oxygen atoms in total. The fourth-order valence-electron chi connectivity index (χ4n) is 0.816. The van der Waals surface area contributed by atoms with Crippen molar-refractivity contribution in [1.82, 2.24) is 0 Å².